The number of hydrogen-bond donors (Lipinski definition) is 1. The van der Waals surface area contributed by atoms with E-state index in [0.717, 1.165) is 21.1 Å². The van der Waals surface area contributed by atoms with Crippen LogP contribution < -0.4 is 5.43 Å². The van der Waals surface area contributed by atoms with Gasteiger partial charge in [0.2, 0.25) is 0 Å². The lowest BCUT2D eigenvalue weighted by Crippen LogP contribution is -2.00. The molecule has 3 heteroatoms. The van der Waals surface area contributed by atoms with Crippen LogP contribution in [0.1, 0.15) is 0 Å². The molecule has 2 aromatic carbocycles. The van der Waals surface area contributed by atoms with Crippen LogP contribution in [0.15, 0.2) is 64.0 Å². The van der Waals surface area contributed by atoms with Gasteiger partial charge in [0.25, 0.3) is 0 Å². The van der Waals surface area contributed by atoms with Crippen LogP contribution in [0.5, 0.6) is 0 Å². The average molecular weight is 300 g/mol. The van der Waals surface area contributed by atoms with Crippen LogP contribution in [-0.2, 0) is 0 Å². The molecule has 18 heavy (non-hydrogen) atoms. The lowest BCUT2D eigenvalue weighted by Gasteiger charge is -2.06. The van der Waals surface area contributed by atoms with Crippen LogP contribution in [0, 0.1) is 0 Å². The fourth-order valence-corrected chi connectivity index (χ4v) is 2.60. The number of halogens is 1. The first kappa shape index (κ1) is 11.2. The van der Waals surface area contributed by atoms with E-state index in [9.17, 15) is 4.79 Å². The zero-order valence-corrected chi connectivity index (χ0v) is 11.1. The predicted molar refractivity (Wildman–Crippen MR) is 77.7 cm³/mol. The molecule has 0 unspecified atom stereocenters. The van der Waals surface area contributed by atoms with Gasteiger partial charge in [0.1, 0.15) is 0 Å². The average Bonchev–Trinajstić information content (AvgIpc) is 2.40. The molecule has 0 aliphatic heterocycles. The highest BCUT2D eigenvalue weighted by Gasteiger charge is 2.06. The maximum Gasteiger partial charge on any atom is 0.189 e. The molecule has 0 bridgehead atoms. The van der Waals surface area contributed by atoms with E-state index in [1.54, 1.807) is 6.20 Å². The molecule has 88 valence electrons. The zero-order valence-electron chi connectivity index (χ0n) is 9.48. The van der Waals surface area contributed by atoms with E-state index in [-0.39, 0.29) is 5.43 Å². The maximum atomic E-state index is 11.7. The maximum absolute atomic E-state index is 11.7. The summed E-state index contributed by atoms with van der Waals surface area (Å²) >= 11 is 3.54. The minimum Gasteiger partial charge on any atom is -0.361 e. The zero-order chi connectivity index (χ0) is 12.5. The van der Waals surface area contributed by atoms with Crippen molar-refractivity contribution in [3.63, 3.8) is 0 Å². The Kier molecular flexibility index (Phi) is 2.76. The second-order valence-electron chi connectivity index (χ2n) is 4.09. The van der Waals surface area contributed by atoms with Crippen molar-refractivity contribution in [2.24, 2.45) is 0 Å². The van der Waals surface area contributed by atoms with Gasteiger partial charge in [0.05, 0.1) is 0 Å². The van der Waals surface area contributed by atoms with Crippen molar-refractivity contribution in [2.45, 2.75) is 0 Å². The highest BCUT2D eigenvalue weighted by Crippen LogP contribution is 2.30. The van der Waals surface area contributed by atoms with Gasteiger partial charge in [-0.15, -0.1) is 0 Å². The highest BCUT2D eigenvalue weighted by atomic mass is 79.9. The molecule has 1 N–H and O–H groups in total. The molecule has 0 amide bonds. The Morgan fingerprint density at radius 2 is 1.78 bits per heavy atom. The van der Waals surface area contributed by atoms with Crippen molar-refractivity contribution in [1.82, 2.24) is 4.98 Å². The number of fused-ring (bicyclic) bond motifs is 1. The third kappa shape index (κ3) is 1.87. The van der Waals surface area contributed by atoms with E-state index in [2.05, 4.69) is 20.9 Å². The van der Waals surface area contributed by atoms with Crippen LogP contribution in [-0.4, -0.2) is 4.98 Å². The third-order valence-corrected chi connectivity index (χ3v) is 3.59. The number of H-pyrrole nitrogens is 1. The number of hydrogen-bond acceptors (Lipinski definition) is 1. The van der Waals surface area contributed by atoms with Gasteiger partial charge in [-0.2, -0.15) is 0 Å². The summed E-state index contributed by atoms with van der Waals surface area (Å²) < 4.78 is 0.929. The SMILES string of the molecule is O=c1cc[nH]c2cc(-c3ccccc3)c(Br)cc12. The number of benzene rings is 2. The normalized spacial score (nSPS) is 10.7. The van der Waals surface area contributed by atoms with Gasteiger partial charge in [-0.05, 0) is 23.3 Å². The van der Waals surface area contributed by atoms with E-state index in [1.807, 2.05) is 42.5 Å². The Morgan fingerprint density at radius 1 is 1.00 bits per heavy atom. The Balaban J connectivity index is 2.33. The molecule has 0 radical (unpaired) electrons. The van der Waals surface area contributed by atoms with Crippen molar-refractivity contribution in [3.8, 4) is 11.1 Å². The molecule has 0 saturated heterocycles. The van der Waals surface area contributed by atoms with Gasteiger partial charge in [-0.3, -0.25) is 4.79 Å². The summed E-state index contributed by atoms with van der Waals surface area (Å²) in [6, 6.07) is 15.5. The largest absolute Gasteiger partial charge is 0.361 e. The van der Waals surface area contributed by atoms with Crippen LogP contribution in [0.2, 0.25) is 0 Å². The molecule has 0 aliphatic carbocycles. The standard InChI is InChI=1S/C15H10BrNO/c16-13-8-12-14(17-7-6-15(12)18)9-11(13)10-4-2-1-3-5-10/h1-9H,(H,17,18). The lowest BCUT2D eigenvalue weighted by molar-refractivity contribution is 1.39. The molecule has 0 aliphatic rings. The lowest BCUT2D eigenvalue weighted by atomic mass is 10.0. The Labute approximate surface area is 112 Å². The van der Waals surface area contributed by atoms with Crippen LogP contribution >= 0.6 is 15.9 Å². The van der Waals surface area contributed by atoms with Gasteiger partial charge in [0.15, 0.2) is 5.43 Å². The molecule has 1 aromatic heterocycles. The molecule has 2 nitrogen and oxygen atoms in total. The van der Waals surface area contributed by atoms with E-state index in [4.69, 9.17) is 0 Å². The summed E-state index contributed by atoms with van der Waals surface area (Å²) in [4.78, 5) is 14.8. The quantitative estimate of drug-likeness (QED) is 0.725. The molecule has 3 rings (SSSR count). The van der Waals surface area contributed by atoms with Gasteiger partial charge in [-0.1, -0.05) is 46.3 Å². The van der Waals surface area contributed by atoms with Gasteiger partial charge in [-0.25, -0.2) is 0 Å². The third-order valence-electron chi connectivity index (χ3n) is 2.93. The first-order valence-electron chi connectivity index (χ1n) is 5.62. The first-order chi connectivity index (χ1) is 8.75. The smallest absolute Gasteiger partial charge is 0.189 e. The molecule has 0 fully saturated rings. The molecule has 0 saturated carbocycles. The minimum atomic E-state index is 0.0315. The van der Waals surface area contributed by atoms with Crippen molar-refractivity contribution >= 4 is 26.8 Å². The Morgan fingerprint density at radius 3 is 2.56 bits per heavy atom. The number of rotatable bonds is 1. The van der Waals surface area contributed by atoms with Gasteiger partial charge >= 0.3 is 0 Å². The summed E-state index contributed by atoms with van der Waals surface area (Å²) in [6.07, 6.45) is 1.67. The number of nitrogens with one attached hydrogen (secondary N) is 1. The van der Waals surface area contributed by atoms with E-state index < -0.39 is 0 Å². The second kappa shape index (κ2) is 4.42. The first-order valence-corrected chi connectivity index (χ1v) is 6.41. The van der Waals surface area contributed by atoms with Crippen LogP contribution in [0.4, 0.5) is 0 Å². The number of pyridine rings is 1. The van der Waals surface area contributed by atoms with E-state index in [1.165, 1.54) is 6.07 Å². The van der Waals surface area contributed by atoms with Crippen LogP contribution in [0.25, 0.3) is 22.0 Å². The van der Waals surface area contributed by atoms with E-state index in [0.29, 0.717) is 5.39 Å². The fraction of sp³-hybridized carbons (Fsp3) is 0. The fourth-order valence-electron chi connectivity index (χ4n) is 2.03. The Hall–Kier alpha value is -1.87. The van der Waals surface area contributed by atoms with Crippen molar-refractivity contribution in [3.05, 3.63) is 69.4 Å². The highest BCUT2D eigenvalue weighted by molar-refractivity contribution is 9.10. The van der Waals surface area contributed by atoms with Crippen molar-refractivity contribution in [1.29, 1.82) is 0 Å². The van der Waals surface area contributed by atoms with Crippen molar-refractivity contribution < 1.29 is 0 Å². The summed E-state index contributed by atoms with van der Waals surface area (Å²) in [5.41, 5.74) is 3.08. The summed E-state index contributed by atoms with van der Waals surface area (Å²) in [5.74, 6) is 0. The van der Waals surface area contributed by atoms with Gasteiger partial charge < -0.3 is 4.98 Å². The molecule has 3 aromatic rings. The summed E-state index contributed by atoms with van der Waals surface area (Å²) in [6.45, 7) is 0. The van der Waals surface area contributed by atoms with Gasteiger partial charge in [0, 0.05) is 27.6 Å². The second-order valence-corrected chi connectivity index (χ2v) is 4.94. The Bertz CT molecular complexity index is 762. The summed E-state index contributed by atoms with van der Waals surface area (Å²) in [5, 5.41) is 0.698. The van der Waals surface area contributed by atoms with Crippen molar-refractivity contribution in [2.75, 3.05) is 0 Å². The topological polar surface area (TPSA) is 32.9 Å². The molecule has 1 heterocycles. The predicted octanol–water partition coefficient (Wildman–Crippen LogP) is 3.96. The molecule has 0 atom stereocenters. The van der Waals surface area contributed by atoms with Crippen LogP contribution in [0.3, 0.4) is 0 Å². The summed E-state index contributed by atoms with van der Waals surface area (Å²) in [7, 11) is 0. The molecular formula is C15H10BrNO. The molecule has 0 spiro atoms. The molecular weight excluding hydrogens is 290 g/mol. The number of aromatic nitrogens is 1. The monoisotopic (exact) mass is 299 g/mol. The minimum absolute atomic E-state index is 0.0315. The number of aromatic amines is 1. The van der Waals surface area contributed by atoms with E-state index >= 15 is 0 Å².